The second kappa shape index (κ2) is 13.1. The van der Waals surface area contributed by atoms with Crippen LogP contribution in [-0.4, -0.2) is 55.3 Å². The molecule has 3 rings (SSSR count). The molecule has 0 radical (unpaired) electrons. The van der Waals surface area contributed by atoms with Crippen LogP contribution in [0.25, 0.3) is 0 Å². The summed E-state index contributed by atoms with van der Waals surface area (Å²) in [6.07, 6.45) is 1.27. The smallest absolute Gasteiger partial charge is 0.243 e. The second-order valence-corrected chi connectivity index (χ2v) is 11.6. The molecule has 3 aromatic rings. The molecule has 0 heterocycles. The fourth-order valence-corrected chi connectivity index (χ4v) is 4.52. The van der Waals surface area contributed by atoms with Crippen LogP contribution in [0.2, 0.25) is 10.0 Å². The minimum Gasteiger partial charge on any atom is -0.350 e. The summed E-state index contributed by atoms with van der Waals surface area (Å²) in [5, 5.41) is 3.79. The molecular weight excluding hydrogens is 533 g/mol. The lowest BCUT2D eigenvalue weighted by molar-refractivity contribution is -0.141. The molecule has 0 fully saturated rings. The Morgan fingerprint density at radius 1 is 0.919 bits per heavy atom. The van der Waals surface area contributed by atoms with Gasteiger partial charge < -0.3 is 10.2 Å². The first-order chi connectivity index (χ1) is 17.5. The van der Waals surface area contributed by atoms with Crippen molar-refractivity contribution in [3.63, 3.8) is 0 Å². The molecule has 10 heteroatoms. The quantitative estimate of drug-likeness (QED) is 0.381. The third-order valence-corrected chi connectivity index (χ3v) is 7.71. The zero-order valence-corrected chi connectivity index (χ0v) is 22.9. The van der Waals surface area contributed by atoms with E-state index in [0.717, 1.165) is 21.7 Å². The van der Waals surface area contributed by atoms with Crippen molar-refractivity contribution in [2.45, 2.75) is 25.6 Å². The molecular formula is C27H29Cl2N3O4S. The maximum absolute atomic E-state index is 13.6. The van der Waals surface area contributed by atoms with Gasteiger partial charge in [-0.05, 0) is 28.8 Å². The zero-order chi connectivity index (χ0) is 27.0. The van der Waals surface area contributed by atoms with Gasteiger partial charge in [-0.25, -0.2) is 8.42 Å². The first kappa shape index (κ1) is 28.7. The van der Waals surface area contributed by atoms with Crippen molar-refractivity contribution in [3.05, 3.63) is 106 Å². The molecule has 1 atom stereocenters. The van der Waals surface area contributed by atoms with E-state index in [2.05, 4.69) is 5.32 Å². The number of nitrogens with zero attached hydrogens (tertiary/aromatic N) is 2. The van der Waals surface area contributed by atoms with Crippen LogP contribution >= 0.6 is 23.2 Å². The molecule has 2 amide bonds. The van der Waals surface area contributed by atoms with Crippen LogP contribution in [0, 0.1) is 0 Å². The maximum atomic E-state index is 13.6. The number of amides is 2. The Kier molecular flexibility index (Phi) is 10.1. The topological polar surface area (TPSA) is 86.8 Å². The largest absolute Gasteiger partial charge is 0.350 e. The first-order valence-electron chi connectivity index (χ1n) is 11.5. The molecule has 0 bridgehead atoms. The summed E-state index contributed by atoms with van der Waals surface area (Å²) in [5.74, 6) is -0.876. The molecule has 0 aliphatic carbocycles. The molecule has 0 saturated carbocycles. The van der Waals surface area contributed by atoms with Crippen molar-refractivity contribution in [1.82, 2.24) is 14.5 Å². The highest BCUT2D eigenvalue weighted by molar-refractivity contribution is 7.88. The molecule has 0 aliphatic heterocycles. The molecule has 3 aromatic carbocycles. The number of benzene rings is 3. The van der Waals surface area contributed by atoms with E-state index in [-0.39, 0.29) is 25.4 Å². The fraction of sp³-hybridized carbons (Fsp3) is 0.259. The lowest BCUT2D eigenvalue weighted by Crippen LogP contribution is -2.52. The Bertz CT molecular complexity index is 1320. The van der Waals surface area contributed by atoms with Crippen LogP contribution in [0.4, 0.5) is 0 Å². The third-order valence-electron chi connectivity index (χ3n) is 5.86. The van der Waals surface area contributed by atoms with Crippen molar-refractivity contribution >= 4 is 45.0 Å². The number of nitrogens with one attached hydrogen (secondary N) is 1. The van der Waals surface area contributed by atoms with Gasteiger partial charge in [0, 0.05) is 36.6 Å². The van der Waals surface area contributed by atoms with E-state index in [1.807, 2.05) is 60.7 Å². The molecule has 1 N–H and O–H groups in total. The van der Waals surface area contributed by atoms with E-state index in [4.69, 9.17) is 23.2 Å². The number of carbonyl (C=O) groups excluding carboxylic acids is 2. The predicted octanol–water partition coefficient (Wildman–Crippen LogP) is 4.14. The lowest BCUT2D eigenvalue weighted by Gasteiger charge is -2.32. The summed E-state index contributed by atoms with van der Waals surface area (Å²) in [6, 6.07) is 22.7. The molecule has 0 saturated heterocycles. The van der Waals surface area contributed by atoms with Crippen LogP contribution in [0.15, 0.2) is 78.9 Å². The highest BCUT2D eigenvalue weighted by Crippen LogP contribution is 2.21. The molecule has 37 heavy (non-hydrogen) atoms. The Morgan fingerprint density at radius 3 is 2.08 bits per heavy atom. The minimum absolute atomic E-state index is 0.129. The molecule has 0 unspecified atom stereocenters. The van der Waals surface area contributed by atoms with Gasteiger partial charge in [0.1, 0.15) is 6.04 Å². The highest BCUT2D eigenvalue weighted by Gasteiger charge is 2.32. The number of carbonyl (C=O) groups is 2. The van der Waals surface area contributed by atoms with E-state index in [1.165, 1.54) is 11.9 Å². The standard InChI is InChI=1S/C27H29Cl2N3O4S/c1-31(37(2,35)36)19-26(33)32(18-21-11-7-4-8-12-21)25(15-20-9-5-3-6-10-20)27(34)30-17-22-13-14-23(28)16-24(22)29/h3-14,16,25H,15,17-19H2,1-2H3,(H,30,34)/t25-/m0/s1. The van der Waals surface area contributed by atoms with E-state index >= 15 is 0 Å². The van der Waals surface area contributed by atoms with Gasteiger partial charge in [-0.1, -0.05) is 89.9 Å². The van der Waals surface area contributed by atoms with E-state index in [1.54, 1.807) is 18.2 Å². The molecule has 0 spiro atoms. The average Bonchev–Trinajstić information content (AvgIpc) is 2.86. The summed E-state index contributed by atoms with van der Waals surface area (Å²) in [6.45, 7) is -0.131. The summed E-state index contributed by atoms with van der Waals surface area (Å²) in [7, 11) is -2.27. The van der Waals surface area contributed by atoms with Crippen LogP contribution in [0.3, 0.4) is 0 Å². The van der Waals surface area contributed by atoms with Gasteiger partial charge in [0.05, 0.1) is 12.8 Å². The van der Waals surface area contributed by atoms with Crippen molar-refractivity contribution in [2.75, 3.05) is 19.8 Å². The van der Waals surface area contributed by atoms with Gasteiger partial charge in [0.2, 0.25) is 21.8 Å². The minimum atomic E-state index is -3.60. The van der Waals surface area contributed by atoms with E-state index in [0.29, 0.717) is 15.6 Å². The van der Waals surface area contributed by atoms with E-state index in [9.17, 15) is 18.0 Å². The van der Waals surface area contributed by atoms with Crippen molar-refractivity contribution in [2.24, 2.45) is 0 Å². The molecule has 0 aliphatic rings. The fourth-order valence-electron chi connectivity index (χ4n) is 3.70. The van der Waals surface area contributed by atoms with Crippen molar-refractivity contribution in [3.8, 4) is 0 Å². The van der Waals surface area contributed by atoms with Gasteiger partial charge >= 0.3 is 0 Å². The second-order valence-electron chi connectivity index (χ2n) is 8.69. The van der Waals surface area contributed by atoms with Crippen LogP contribution in [-0.2, 0) is 39.1 Å². The summed E-state index contributed by atoms with van der Waals surface area (Å²) in [5.41, 5.74) is 2.34. The number of hydrogen-bond donors (Lipinski definition) is 1. The third kappa shape index (κ3) is 8.57. The lowest BCUT2D eigenvalue weighted by atomic mass is 10.0. The number of rotatable bonds is 11. The zero-order valence-electron chi connectivity index (χ0n) is 20.6. The Labute approximate surface area is 228 Å². The Morgan fingerprint density at radius 2 is 1.51 bits per heavy atom. The first-order valence-corrected chi connectivity index (χ1v) is 14.2. The summed E-state index contributed by atoms with van der Waals surface area (Å²) < 4.78 is 25.0. The van der Waals surface area contributed by atoms with Gasteiger partial charge in [-0.2, -0.15) is 4.31 Å². The van der Waals surface area contributed by atoms with Crippen LogP contribution in [0.1, 0.15) is 16.7 Å². The van der Waals surface area contributed by atoms with Crippen molar-refractivity contribution in [1.29, 1.82) is 0 Å². The van der Waals surface area contributed by atoms with Gasteiger partial charge in [0.25, 0.3) is 0 Å². The normalized spacial score (nSPS) is 12.2. The predicted molar refractivity (Wildman–Crippen MR) is 147 cm³/mol. The number of likely N-dealkylation sites (N-methyl/N-ethyl adjacent to an activating group) is 1. The Hall–Kier alpha value is -2.91. The van der Waals surface area contributed by atoms with Crippen LogP contribution < -0.4 is 5.32 Å². The van der Waals surface area contributed by atoms with Crippen LogP contribution in [0.5, 0.6) is 0 Å². The SMILES string of the molecule is CN(CC(=O)N(Cc1ccccc1)[C@@H](Cc1ccccc1)C(=O)NCc1ccc(Cl)cc1Cl)S(C)(=O)=O. The van der Waals surface area contributed by atoms with Crippen molar-refractivity contribution < 1.29 is 18.0 Å². The number of halogens is 2. The average molecular weight is 563 g/mol. The molecule has 7 nitrogen and oxygen atoms in total. The highest BCUT2D eigenvalue weighted by atomic mass is 35.5. The van der Waals surface area contributed by atoms with E-state index < -0.39 is 28.5 Å². The Balaban J connectivity index is 1.94. The van der Waals surface area contributed by atoms with Gasteiger partial charge in [0.15, 0.2) is 0 Å². The molecule has 196 valence electrons. The summed E-state index contributed by atoms with van der Waals surface area (Å²) >= 11 is 12.3. The summed E-state index contributed by atoms with van der Waals surface area (Å²) in [4.78, 5) is 28.6. The van der Waals surface area contributed by atoms with Gasteiger partial charge in [-0.3, -0.25) is 9.59 Å². The number of hydrogen-bond acceptors (Lipinski definition) is 4. The number of sulfonamides is 1. The van der Waals surface area contributed by atoms with Gasteiger partial charge in [-0.15, -0.1) is 0 Å². The molecule has 0 aromatic heterocycles. The monoisotopic (exact) mass is 561 g/mol. The maximum Gasteiger partial charge on any atom is 0.243 e.